The van der Waals surface area contributed by atoms with Crippen molar-refractivity contribution >= 4 is 39.5 Å². The zero-order valence-electron chi connectivity index (χ0n) is 28.8. The van der Waals surface area contributed by atoms with Crippen molar-refractivity contribution in [1.82, 2.24) is 0 Å². The van der Waals surface area contributed by atoms with E-state index in [0.717, 1.165) is 12.1 Å². The van der Waals surface area contributed by atoms with E-state index in [-0.39, 0.29) is 39.8 Å². The van der Waals surface area contributed by atoms with Gasteiger partial charge in [-0.05, 0) is 115 Å². The van der Waals surface area contributed by atoms with E-state index in [1.54, 1.807) is 78.9 Å². The molecular weight excluding hydrogens is 824 g/mol. The van der Waals surface area contributed by atoms with Crippen molar-refractivity contribution in [2.45, 2.75) is 49.0 Å². The molecule has 0 fully saturated rings. The average Bonchev–Trinajstić information content (AvgIpc) is 3.64. The molecule has 2 heterocycles. The quantitative estimate of drug-likeness (QED) is 0.0570. The molecule has 0 saturated carbocycles. The van der Waals surface area contributed by atoms with Gasteiger partial charge >= 0.3 is 0 Å². The van der Waals surface area contributed by atoms with Crippen LogP contribution in [0.3, 0.4) is 0 Å². The number of sulfone groups is 2. The zero-order chi connectivity index (χ0) is 40.2. The van der Waals surface area contributed by atoms with E-state index in [0.29, 0.717) is 21.6 Å². The number of thiol groups is 2. The van der Waals surface area contributed by atoms with Gasteiger partial charge in [0, 0.05) is 29.4 Å². The van der Waals surface area contributed by atoms with Crippen molar-refractivity contribution < 1.29 is 47.2 Å². The summed E-state index contributed by atoms with van der Waals surface area (Å²) in [4.78, 5) is -1.89. The molecule has 2 aliphatic heterocycles. The molecule has 2 aliphatic rings. The van der Waals surface area contributed by atoms with Gasteiger partial charge in [0.1, 0.15) is 4.90 Å². The van der Waals surface area contributed by atoms with Crippen LogP contribution in [-0.4, -0.2) is 25.3 Å². The van der Waals surface area contributed by atoms with Crippen molar-refractivity contribution in [3.05, 3.63) is 169 Å². The first-order valence-electron chi connectivity index (χ1n) is 17.0. The normalized spacial score (nSPS) is 15.9. The Morgan fingerprint density at radius 2 is 0.719 bits per heavy atom. The highest BCUT2D eigenvalue weighted by atomic mass is 32.2. The largest absolute Gasteiger partial charge is 0.271 e. The third-order valence-electron chi connectivity index (χ3n) is 10.3. The maximum atomic E-state index is 15.9. The average molecular weight is 849 g/mol. The Labute approximate surface area is 325 Å². The second-order valence-electron chi connectivity index (χ2n) is 13.4. The molecule has 0 amide bonds. The molecule has 7 aromatic rings. The molecule has 6 nitrogen and oxygen atoms in total. The molecule has 15 heteroatoms. The number of halogens is 5. The lowest BCUT2D eigenvalue weighted by molar-refractivity contribution is 0.357. The lowest BCUT2D eigenvalue weighted by Crippen LogP contribution is -2.15. The van der Waals surface area contributed by atoms with Crippen LogP contribution in [0.4, 0.5) is 22.0 Å². The van der Waals surface area contributed by atoms with Crippen LogP contribution in [-0.2, 0) is 39.5 Å². The van der Waals surface area contributed by atoms with Crippen molar-refractivity contribution in [3.63, 3.8) is 0 Å². The Morgan fingerprint density at radius 1 is 0.351 bits per heavy atom. The predicted molar refractivity (Wildman–Crippen MR) is 202 cm³/mol. The van der Waals surface area contributed by atoms with Gasteiger partial charge in [-0.15, -0.1) is 0 Å². The Kier molecular flexibility index (Phi) is 8.24. The summed E-state index contributed by atoms with van der Waals surface area (Å²) in [7, 11) is -17.6. The van der Waals surface area contributed by atoms with E-state index < -0.39 is 78.4 Å². The van der Waals surface area contributed by atoms with E-state index in [9.17, 15) is 38.8 Å². The second-order valence-corrected chi connectivity index (χ2v) is 22.6. The summed E-state index contributed by atoms with van der Waals surface area (Å²) in [5.74, 6) is -12.5. The Hall–Kier alpha value is -5.61. The van der Waals surface area contributed by atoms with Crippen molar-refractivity contribution in [2.75, 3.05) is 0 Å². The summed E-state index contributed by atoms with van der Waals surface area (Å²) in [5.41, 5.74) is 1.46. The van der Waals surface area contributed by atoms with Crippen LogP contribution in [0.1, 0.15) is 0 Å². The highest BCUT2D eigenvalue weighted by Crippen LogP contribution is 2.59. The van der Waals surface area contributed by atoms with Crippen LogP contribution in [0.25, 0.3) is 22.3 Å². The molecule has 0 aromatic heterocycles. The van der Waals surface area contributed by atoms with E-state index in [1.165, 1.54) is 48.5 Å². The number of hydrogen-bond acceptors (Lipinski definition) is 6. The van der Waals surface area contributed by atoms with Gasteiger partial charge in [0.25, 0.3) is 0 Å². The summed E-state index contributed by atoms with van der Waals surface area (Å²) in [6, 6.07) is 34.7. The van der Waals surface area contributed by atoms with E-state index >= 15 is 8.42 Å². The molecule has 288 valence electrons. The first-order chi connectivity index (χ1) is 27.1. The fourth-order valence-electron chi connectivity index (χ4n) is 7.63. The van der Waals surface area contributed by atoms with Crippen molar-refractivity contribution in [3.8, 4) is 22.3 Å². The minimum atomic E-state index is -5.46. The molecule has 0 unspecified atom stereocenters. The lowest BCUT2D eigenvalue weighted by Gasteiger charge is -2.25. The molecule has 0 atom stereocenters. The van der Waals surface area contributed by atoms with E-state index in [2.05, 4.69) is 0 Å². The van der Waals surface area contributed by atoms with Gasteiger partial charge < -0.3 is 0 Å². The van der Waals surface area contributed by atoms with Gasteiger partial charge in [-0.1, -0.05) is 66.7 Å². The molecule has 0 bridgehead atoms. The topological polar surface area (TPSA) is 102 Å². The van der Waals surface area contributed by atoms with E-state index in [4.69, 9.17) is 0 Å². The van der Waals surface area contributed by atoms with Crippen LogP contribution in [0.5, 0.6) is 0 Å². The van der Waals surface area contributed by atoms with Gasteiger partial charge in [0.05, 0.1) is 14.7 Å². The summed E-state index contributed by atoms with van der Waals surface area (Å²) in [6.07, 6.45) is 0. The maximum absolute atomic E-state index is 15.9. The molecule has 0 N–H and O–H groups in total. The van der Waals surface area contributed by atoms with Gasteiger partial charge in [0.2, 0.25) is 25.5 Å². The summed E-state index contributed by atoms with van der Waals surface area (Å²) in [6.45, 7) is 0. The lowest BCUT2D eigenvalue weighted by atomic mass is 9.99. The second kappa shape index (κ2) is 12.7. The molecular formula is C42H25F5O6S4. The summed E-state index contributed by atoms with van der Waals surface area (Å²) >= 11 is 0. The first-order valence-corrected chi connectivity index (χ1v) is 23.4. The number of rotatable bonds is 6. The SMILES string of the molecule is O=S(=O)(c1ccccc1)c1ccc2c(c1)[SH](=O)(c1ccccc1)c1cc3c(cc1-2)-c1ccc(S(=O)(=O)c2c(F)c(F)c(F)c(F)c2F)cc1[SH]3(=O)c1ccccc1. The third kappa shape index (κ3) is 5.08. The van der Waals surface area contributed by atoms with Crippen molar-refractivity contribution in [2.24, 2.45) is 0 Å². The van der Waals surface area contributed by atoms with Gasteiger partial charge in [-0.3, -0.25) is 8.42 Å². The Morgan fingerprint density at radius 3 is 1.16 bits per heavy atom. The highest BCUT2D eigenvalue weighted by Gasteiger charge is 2.44. The van der Waals surface area contributed by atoms with Crippen molar-refractivity contribution in [1.29, 1.82) is 0 Å². The van der Waals surface area contributed by atoms with Gasteiger partial charge in [0.15, 0.2) is 23.3 Å². The van der Waals surface area contributed by atoms with E-state index in [1.807, 2.05) is 0 Å². The molecule has 0 saturated heterocycles. The minimum Gasteiger partial charge on any atom is -0.271 e. The molecule has 0 radical (unpaired) electrons. The molecule has 0 aliphatic carbocycles. The fraction of sp³-hybridized carbons (Fsp3) is 0. The Bertz CT molecular complexity index is 3190. The first kappa shape index (κ1) is 37.0. The smallest absolute Gasteiger partial charge is 0.212 e. The zero-order valence-corrected chi connectivity index (χ0v) is 32.3. The van der Waals surface area contributed by atoms with Crippen LogP contribution >= 0.6 is 0 Å². The highest BCUT2D eigenvalue weighted by molar-refractivity contribution is 8.04. The predicted octanol–water partition coefficient (Wildman–Crippen LogP) is 9.00. The van der Waals surface area contributed by atoms with Gasteiger partial charge in [-0.2, -0.15) is 0 Å². The summed E-state index contributed by atoms with van der Waals surface area (Å²) < 4.78 is 159. The standard InChI is InChI=1S/C42H25F5O6S4/c43-37-38(44)40(46)42(41(47)39(37)45)57(52,53)28-17-19-30-32-22-31-29-18-16-27(56(50,51)26-14-8-3-9-15-26)20-33(29)54(48,24-10-4-1-5-11-24)35(31)23-36(32)55(49,34(30)21-28)25-12-6-2-7-13-25/h1-23,54-55H. The third-order valence-corrected chi connectivity index (χ3v) is 20.1. The Balaban J connectivity index is 1.31. The number of benzene rings is 7. The van der Waals surface area contributed by atoms with Gasteiger partial charge in [-0.25, -0.2) is 38.8 Å². The van der Waals surface area contributed by atoms with Crippen LogP contribution in [0, 0.1) is 29.1 Å². The summed E-state index contributed by atoms with van der Waals surface area (Å²) in [5, 5.41) is 0. The van der Waals surface area contributed by atoms with Crippen LogP contribution < -0.4 is 0 Å². The fourth-order valence-corrected chi connectivity index (χ4v) is 16.8. The minimum absolute atomic E-state index is 0.0379. The monoisotopic (exact) mass is 848 g/mol. The molecule has 7 aromatic carbocycles. The number of fused-ring (bicyclic) bond motifs is 6. The van der Waals surface area contributed by atoms with Crippen LogP contribution in [0.15, 0.2) is 188 Å². The molecule has 9 rings (SSSR count). The molecule has 0 spiro atoms. The molecule has 57 heavy (non-hydrogen) atoms. The maximum Gasteiger partial charge on any atom is 0.212 e. The number of hydrogen-bond donors (Lipinski definition) is 2. The van der Waals surface area contributed by atoms with Crippen LogP contribution in [0.2, 0.25) is 0 Å².